The summed E-state index contributed by atoms with van der Waals surface area (Å²) < 4.78 is 37.2. The second-order valence-corrected chi connectivity index (χ2v) is 3.99. The molecular weight excluding hydrogens is 298 g/mol. The van der Waals surface area contributed by atoms with Gasteiger partial charge in [-0.1, -0.05) is 18.2 Å². The Hall–Kier alpha value is -1.26. The average Bonchev–Trinajstić information content (AvgIpc) is 2.38. The number of nitrogens with zero attached hydrogens (tertiary/aromatic N) is 1. The van der Waals surface area contributed by atoms with Crippen LogP contribution in [0.2, 0.25) is 0 Å². The smallest absolute Gasteiger partial charge is 0.252 e. The lowest BCUT2D eigenvalue weighted by atomic mass is 10.1. The van der Waals surface area contributed by atoms with Crippen LogP contribution in [0.4, 0.5) is 13.2 Å². The molecule has 1 nitrogen and oxygen atoms in total. The topological polar surface area (TPSA) is 12.9 Å². The van der Waals surface area contributed by atoms with Gasteiger partial charge in [0.25, 0.3) is 0 Å². The average molecular weight is 308 g/mol. The number of alkyl halides is 4. The third-order valence-electron chi connectivity index (χ3n) is 2.45. The van der Waals surface area contributed by atoms with Crippen LogP contribution >= 0.6 is 24.0 Å². The van der Waals surface area contributed by atoms with Gasteiger partial charge in [0.2, 0.25) is 0 Å². The SMILES string of the molecule is Cl.FC(F)(F)c1ccc(-c2cccc(CCl)n2)cc1. The van der Waals surface area contributed by atoms with Crippen LogP contribution in [0.25, 0.3) is 11.3 Å². The third-order valence-corrected chi connectivity index (χ3v) is 2.73. The van der Waals surface area contributed by atoms with E-state index in [0.29, 0.717) is 17.0 Å². The highest BCUT2D eigenvalue weighted by Crippen LogP contribution is 2.30. The Kier molecular flexibility index (Phi) is 5.20. The maximum Gasteiger partial charge on any atom is 0.416 e. The second-order valence-electron chi connectivity index (χ2n) is 3.72. The molecule has 0 fully saturated rings. The summed E-state index contributed by atoms with van der Waals surface area (Å²) in [6.45, 7) is 0. The van der Waals surface area contributed by atoms with E-state index in [0.717, 1.165) is 12.1 Å². The van der Waals surface area contributed by atoms with E-state index in [4.69, 9.17) is 11.6 Å². The highest BCUT2D eigenvalue weighted by atomic mass is 35.5. The zero-order chi connectivity index (χ0) is 13.2. The van der Waals surface area contributed by atoms with E-state index >= 15 is 0 Å². The number of hydrogen-bond donors (Lipinski definition) is 0. The lowest BCUT2D eigenvalue weighted by molar-refractivity contribution is -0.137. The molecule has 2 aromatic rings. The Balaban J connectivity index is 0.00000180. The number of benzene rings is 1. The number of rotatable bonds is 2. The predicted molar refractivity (Wildman–Crippen MR) is 71.5 cm³/mol. The first kappa shape index (κ1) is 15.8. The summed E-state index contributed by atoms with van der Waals surface area (Å²) in [5.41, 5.74) is 1.27. The summed E-state index contributed by atoms with van der Waals surface area (Å²) in [5.74, 6) is 0.272. The van der Waals surface area contributed by atoms with Crippen LogP contribution < -0.4 is 0 Å². The molecule has 0 atom stereocenters. The maximum absolute atomic E-state index is 12.4. The first-order valence-corrected chi connectivity index (χ1v) is 5.73. The van der Waals surface area contributed by atoms with Crippen molar-refractivity contribution in [1.82, 2.24) is 4.98 Å². The molecule has 0 aliphatic heterocycles. The number of halogens is 5. The lowest BCUT2D eigenvalue weighted by Crippen LogP contribution is -2.04. The second kappa shape index (κ2) is 6.26. The van der Waals surface area contributed by atoms with Gasteiger partial charge < -0.3 is 0 Å². The zero-order valence-corrected chi connectivity index (χ0v) is 11.2. The van der Waals surface area contributed by atoms with Crippen molar-refractivity contribution >= 4 is 24.0 Å². The van der Waals surface area contributed by atoms with Crippen molar-refractivity contribution in [3.63, 3.8) is 0 Å². The first-order valence-electron chi connectivity index (χ1n) is 5.20. The van der Waals surface area contributed by atoms with E-state index in [9.17, 15) is 13.2 Å². The van der Waals surface area contributed by atoms with E-state index in [1.165, 1.54) is 12.1 Å². The number of pyridine rings is 1. The molecule has 0 N–H and O–H groups in total. The van der Waals surface area contributed by atoms with E-state index in [1.54, 1.807) is 18.2 Å². The molecule has 2 rings (SSSR count). The van der Waals surface area contributed by atoms with Gasteiger partial charge in [-0.15, -0.1) is 24.0 Å². The van der Waals surface area contributed by atoms with Crippen molar-refractivity contribution in [2.45, 2.75) is 12.1 Å². The molecule has 1 heterocycles. The lowest BCUT2D eigenvalue weighted by Gasteiger charge is -2.07. The van der Waals surface area contributed by atoms with Gasteiger partial charge in [-0.2, -0.15) is 13.2 Å². The molecule has 19 heavy (non-hydrogen) atoms. The minimum Gasteiger partial charge on any atom is -0.252 e. The fraction of sp³-hybridized carbons (Fsp3) is 0.154. The van der Waals surface area contributed by atoms with Crippen molar-refractivity contribution in [3.05, 3.63) is 53.7 Å². The molecule has 1 aromatic carbocycles. The number of hydrogen-bond acceptors (Lipinski definition) is 1. The molecule has 0 unspecified atom stereocenters. The fourth-order valence-electron chi connectivity index (χ4n) is 1.54. The van der Waals surface area contributed by atoms with Gasteiger partial charge in [0.1, 0.15) is 0 Å². The summed E-state index contributed by atoms with van der Waals surface area (Å²) in [6.07, 6.45) is -4.32. The van der Waals surface area contributed by atoms with Crippen LogP contribution in [0.5, 0.6) is 0 Å². The van der Waals surface area contributed by atoms with Crippen LogP contribution in [-0.2, 0) is 12.1 Å². The Morgan fingerprint density at radius 2 is 1.63 bits per heavy atom. The monoisotopic (exact) mass is 307 g/mol. The van der Waals surface area contributed by atoms with Crippen molar-refractivity contribution in [3.8, 4) is 11.3 Å². The molecule has 102 valence electrons. The predicted octanol–water partition coefficient (Wildman–Crippen LogP) is 4.93. The standard InChI is InChI=1S/C13H9ClF3N.ClH/c14-8-11-2-1-3-12(18-11)9-4-6-10(7-5-9)13(15,16)17;/h1-7H,8H2;1H. The van der Waals surface area contributed by atoms with Gasteiger partial charge >= 0.3 is 6.18 Å². The summed E-state index contributed by atoms with van der Waals surface area (Å²) in [4.78, 5) is 4.24. The summed E-state index contributed by atoms with van der Waals surface area (Å²) in [5, 5.41) is 0. The van der Waals surface area contributed by atoms with Crippen molar-refractivity contribution in [1.29, 1.82) is 0 Å². The minimum absolute atomic E-state index is 0. The molecule has 0 aliphatic rings. The van der Waals surface area contributed by atoms with Gasteiger partial charge in [-0.25, -0.2) is 0 Å². The summed E-state index contributed by atoms with van der Waals surface area (Å²) >= 11 is 5.66. The first-order chi connectivity index (χ1) is 8.50. The highest BCUT2D eigenvalue weighted by Gasteiger charge is 2.29. The summed E-state index contributed by atoms with van der Waals surface area (Å²) in [6, 6.07) is 10.2. The van der Waals surface area contributed by atoms with Crippen molar-refractivity contribution < 1.29 is 13.2 Å². The zero-order valence-electron chi connectivity index (χ0n) is 9.62. The van der Waals surface area contributed by atoms with Crippen LogP contribution in [0, 0.1) is 0 Å². The van der Waals surface area contributed by atoms with Gasteiger partial charge in [0.15, 0.2) is 0 Å². The van der Waals surface area contributed by atoms with Gasteiger partial charge in [-0.3, -0.25) is 4.98 Å². The van der Waals surface area contributed by atoms with E-state index in [2.05, 4.69) is 4.98 Å². The quantitative estimate of drug-likeness (QED) is 0.717. The normalized spacial score (nSPS) is 10.9. The van der Waals surface area contributed by atoms with Gasteiger partial charge in [0, 0.05) is 5.56 Å². The fourth-order valence-corrected chi connectivity index (χ4v) is 1.69. The molecule has 0 amide bonds. The molecule has 0 saturated heterocycles. The van der Waals surface area contributed by atoms with E-state index < -0.39 is 11.7 Å². The van der Waals surface area contributed by atoms with Crippen LogP contribution in [0.15, 0.2) is 42.5 Å². The van der Waals surface area contributed by atoms with E-state index in [1.807, 2.05) is 0 Å². The summed E-state index contributed by atoms with van der Waals surface area (Å²) in [7, 11) is 0. The van der Waals surface area contributed by atoms with Crippen LogP contribution in [0.3, 0.4) is 0 Å². The van der Waals surface area contributed by atoms with Gasteiger partial charge in [0.05, 0.1) is 22.8 Å². The third kappa shape index (κ3) is 3.85. The molecule has 0 aliphatic carbocycles. The van der Waals surface area contributed by atoms with Crippen LogP contribution in [-0.4, -0.2) is 4.98 Å². The molecule has 6 heteroatoms. The molecule has 1 aromatic heterocycles. The minimum atomic E-state index is -4.32. The van der Waals surface area contributed by atoms with Crippen molar-refractivity contribution in [2.24, 2.45) is 0 Å². The molecule has 0 saturated carbocycles. The largest absolute Gasteiger partial charge is 0.416 e. The molecule has 0 spiro atoms. The molecule has 0 radical (unpaired) electrons. The number of aromatic nitrogens is 1. The van der Waals surface area contributed by atoms with Crippen LogP contribution in [0.1, 0.15) is 11.3 Å². The Labute approximate surface area is 119 Å². The Bertz CT molecular complexity index is 538. The molecule has 0 bridgehead atoms. The molecular formula is C13H10Cl2F3N. The highest BCUT2D eigenvalue weighted by molar-refractivity contribution is 6.16. The Morgan fingerprint density at radius 3 is 2.16 bits per heavy atom. The van der Waals surface area contributed by atoms with E-state index in [-0.39, 0.29) is 18.3 Å². The van der Waals surface area contributed by atoms with Crippen molar-refractivity contribution in [2.75, 3.05) is 0 Å². The maximum atomic E-state index is 12.4. The Morgan fingerprint density at radius 1 is 1.00 bits per heavy atom. The van der Waals surface area contributed by atoms with Gasteiger partial charge in [-0.05, 0) is 24.3 Å².